The standard InChI is InChI=1S/C16H23N3O2/c1-12-4-2-8-19(11-12)13-6-7-15(17-10-13)18-16(20)14-5-3-9-21-14/h6-7,10,12,14H,2-5,8-9,11H2,1H3,(H,17,18,20). The third-order valence-electron chi connectivity index (χ3n) is 4.24. The number of hydrogen-bond donors (Lipinski definition) is 1. The van der Waals surface area contributed by atoms with Crippen LogP contribution in [-0.2, 0) is 9.53 Å². The predicted octanol–water partition coefficient (Wildman–Crippen LogP) is 2.44. The smallest absolute Gasteiger partial charge is 0.254 e. The van der Waals surface area contributed by atoms with Crippen molar-refractivity contribution in [1.82, 2.24) is 4.98 Å². The lowest BCUT2D eigenvalue weighted by molar-refractivity contribution is -0.124. The van der Waals surface area contributed by atoms with Gasteiger partial charge in [0.1, 0.15) is 11.9 Å². The first kappa shape index (κ1) is 14.3. The first-order chi connectivity index (χ1) is 10.2. The van der Waals surface area contributed by atoms with E-state index < -0.39 is 0 Å². The third kappa shape index (κ3) is 3.53. The Bertz CT molecular complexity index is 483. The second-order valence-corrected chi connectivity index (χ2v) is 6.09. The molecule has 2 aliphatic rings. The van der Waals surface area contributed by atoms with E-state index in [9.17, 15) is 4.79 Å². The summed E-state index contributed by atoms with van der Waals surface area (Å²) in [5.74, 6) is 1.25. The van der Waals surface area contributed by atoms with E-state index in [-0.39, 0.29) is 12.0 Å². The van der Waals surface area contributed by atoms with Gasteiger partial charge >= 0.3 is 0 Å². The summed E-state index contributed by atoms with van der Waals surface area (Å²) in [6.45, 7) is 5.14. The van der Waals surface area contributed by atoms with Gasteiger partial charge in [0.05, 0.1) is 11.9 Å². The first-order valence-electron chi connectivity index (χ1n) is 7.86. The number of aromatic nitrogens is 1. The molecule has 1 aromatic rings. The number of carbonyl (C=O) groups is 1. The molecule has 2 aliphatic heterocycles. The molecule has 0 saturated carbocycles. The van der Waals surface area contributed by atoms with E-state index in [0.29, 0.717) is 12.4 Å². The predicted molar refractivity (Wildman–Crippen MR) is 82.5 cm³/mol. The number of hydrogen-bond acceptors (Lipinski definition) is 4. The molecule has 2 saturated heterocycles. The number of nitrogens with one attached hydrogen (secondary N) is 1. The summed E-state index contributed by atoms with van der Waals surface area (Å²) in [6, 6.07) is 3.91. The molecule has 3 heterocycles. The molecule has 2 fully saturated rings. The zero-order chi connectivity index (χ0) is 14.7. The van der Waals surface area contributed by atoms with E-state index in [2.05, 4.69) is 22.1 Å². The van der Waals surface area contributed by atoms with Crippen LogP contribution in [0.1, 0.15) is 32.6 Å². The number of nitrogens with zero attached hydrogens (tertiary/aromatic N) is 2. The van der Waals surface area contributed by atoms with Gasteiger partial charge < -0.3 is 15.0 Å². The first-order valence-corrected chi connectivity index (χ1v) is 7.86. The molecular weight excluding hydrogens is 266 g/mol. The van der Waals surface area contributed by atoms with Crippen molar-refractivity contribution in [2.45, 2.75) is 38.7 Å². The second-order valence-electron chi connectivity index (χ2n) is 6.09. The topological polar surface area (TPSA) is 54.5 Å². The van der Waals surface area contributed by atoms with Crippen LogP contribution in [0.2, 0.25) is 0 Å². The number of anilines is 2. The monoisotopic (exact) mass is 289 g/mol. The number of amides is 1. The molecule has 0 aromatic carbocycles. The summed E-state index contributed by atoms with van der Waals surface area (Å²) >= 11 is 0. The van der Waals surface area contributed by atoms with E-state index in [1.54, 1.807) is 0 Å². The molecule has 3 rings (SSSR count). The van der Waals surface area contributed by atoms with Gasteiger partial charge in [0, 0.05) is 19.7 Å². The molecule has 1 amide bonds. The average molecular weight is 289 g/mol. The lowest BCUT2D eigenvalue weighted by atomic mass is 10.00. The summed E-state index contributed by atoms with van der Waals surface area (Å²) in [6.07, 6.45) is 5.84. The van der Waals surface area contributed by atoms with Crippen LogP contribution in [-0.4, -0.2) is 36.7 Å². The maximum Gasteiger partial charge on any atom is 0.254 e. The Morgan fingerprint density at radius 3 is 2.95 bits per heavy atom. The zero-order valence-electron chi connectivity index (χ0n) is 12.5. The minimum Gasteiger partial charge on any atom is -0.370 e. The van der Waals surface area contributed by atoms with Crippen molar-refractivity contribution in [1.29, 1.82) is 0 Å². The molecular formula is C16H23N3O2. The Kier molecular flexibility index (Phi) is 4.39. The van der Waals surface area contributed by atoms with Gasteiger partial charge in [-0.2, -0.15) is 0 Å². The molecule has 21 heavy (non-hydrogen) atoms. The summed E-state index contributed by atoms with van der Waals surface area (Å²) in [5.41, 5.74) is 1.14. The van der Waals surface area contributed by atoms with Crippen LogP contribution in [0.3, 0.4) is 0 Å². The van der Waals surface area contributed by atoms with Crippen LogP contribution in [0, 0.1) is 5.92 Å². The normalized spacial score (nSPS) is 25.9. The largest absolute Gasteiger partial charge is 0.370 e. The van der Waals surface area contributed by atoms with Crippen molar-refractivity contribution in [3.8, 4) is 0 Å². The summed E-state index contributed by atoms with van der Waals surface area (Å²) in [4.78, 5) is 18.7. The molecule has 0 spiro atoms. The lowest BCUT2D eigenvalue weighted by Crippen LogP contribution is -2.34. The van der Waals surface area contributed by atoms with E-state index >= 15 is 0 Å². The van der Waals surface area contributed by atoms with Gasteiger partial charge in [0.2, 0.25) is 0 Å². The highest BCUT2D eigenvalue weighted by Crippen LogP contribution is 2.23. The molecule has 5 nitrogen and oxygen atoms in total. The van der Waals surface area contributed by atoms with Crippen LogP contribution < -0.4 is 10.2 Å². The molecule has 1 aromatic heterocycles. The Morgan fingerprint density at radius 2 is 2.29 bits per heavy atom. The van der Waals surface area contributed by atoms with Gasteiger partial charge in [-0.3, -0.25) is 4.79 Å². The minimum atomic E-state index is -0.311. The van der Waals surface area contributed by atoms with E-state index in [1.807, 2.05) is 18.3 Å². The molecule has 0 aliphatic carbocycles. The Morgan fingerprint density at radius 1 is 1.38 bits per heavy atom. The van der Waals surface area contributed by atoms with Gasteiger partial charge in [-0.25, -0.2) is 4.98 Å². The second kappa shape index (κ2) is 6.43. The Labute approximate surface area is 125 Å². The van der Waals surface area contributed by atoms with E-state index in [4.69, 9.17) is 4.74 Å². The fourth-order valence-electron chi connectivity index (χ4n) is 3.06. The van der Waals surface area contributed by atoms with Crippen molar-refractivity contribution >= 4 is 17.4 Å². The fraction of sp³-hybridized carbons (Fsp3) is 0.625. The highest BCUT2D eigenvalue weighted by Gasteiger charge is 2.24. The number of carbonyl (C=O) groups excluding carboxylic acids is 1. The zero-order valence-corrected chi connectivity index (χ0v) is 12.5. The van der Waals surface area contributed by atoms with Crippen LogP contribution >= 0.6 is 0 Å². The minimum absolute atomic E-state index is 0.0839. The molecule has 2 atom stereocenters. The number of piperidine rings is 1. The summed E-state index contributed by atoms with van der Waals surface area (Å²) in [5, 5.41) is 2.83. The molecule has 0 bridgehead atoms. The number of pyridine rings is 1. The van der Waals surface area contributed by atoms with Gasteiger partial charge in [0.25, 0.3) is 5.91 Å². The van der Waals surface area contributed by atoms with Crippen LogP contribution in [0.5, 0.6) is 0 Å². The van der Waals surface area contributed by atoms with Gasteiger partial charge in [-0.05, 0) is 43.7 Å². The van der Waals surface area contributed by atoms with Crippen LogP contribution in [0.25, 0.3) is 0 Å². The van der Waals surface area contributed by atoms with E-state index in [0.717, 1.165) is 37.5 Å². The highest BCUT2D eigenvalue weighted by atomic mass is 16.5. The Hall–Kier alpha value is -1.62. The molecule has 114 valence electrons. The Balaban J connectivity index is 1.59. The lowest BCUT2D eigenvalue weighted by Gasteiger charge is -2.32. The quantitative estimate of drug-likeness (QED) is 0.928. The van der Waals surface area contributed by atoms with Crippen molar-refractivity contribution in [3.63, 3.8) is 0 Å². The van der Waals surface area contributed by atoms with Crippen LogP contribution in [0.15, 0.2) is 18.3 Å². The van der Waals surface area contributed by atoms with Crippen molar-refractivity contribution in [3.05, 3.63) is 18.3 Å². The maximum atomic E-state index is 12.0. The van der Waals surface area contributed by atoms with Crippen molar-refractivity contribution < 1.29 is 9.53 Å². The van der Waals surface area contributed by atoms with Crippen molar-refractivity contribution in [2.75, 3.05) is 29.9 Å². The molecule has 5 heteroatoms. The molecule has 0 radical (unpaired) electrons. The highest BCUT2D eigenvalue weighted by molar-refractivity contribution is 5.93. The van der Waals surface area contributed by atoms with Crippen molar-refractivity contribution in [2.24, 2.45) is 5.92 Å². The van der Waals surface area contributed by atoms with Crippen LogP contribution in [0.4, 0.5) is 11.5 Å². The summed E-state index contributed by atoms with van der Waals surface area (Å²) in [7, 11) is 0. The van der Waals surface area contributed by atoms with Gasteiger partial charge in [0.15, 0.2) is 0 Å². The van der Waals surface area contributed by atoms with Gasteiger partial charge in [-0.1, -0.05) is 6.92 Å². The SMILES string of the molecule is CC1CCCN(c2ccc(NC(=O)C3CCCO3)nc2)C1. The summed E-state index contributed by atoms with van der Waals surface area (Å²) < 4.78 is 5.37. The maximum absolute atomic E-state index is 12.0. The molecule has 2 unspecified atom stereocenters. The fourth-order valence-corrected chi connectivity index (χ4v) is 3.06. The van der Waals surface area contributed by atoms with E-state index in [1.165, 1.54) is 12.8 Å². The third-order valence-corrected chi connectivity index (χ3v) is 4.24. The van der Waals surface area contributed by atoms with Gasteiger partial charge in [-0.15, -0.1) is 0 Å². The average Bonchev–Trinajstić information content (AvgIpc) is 3.02. The number of rotatable bonds is 3. The molecule has 1 N–H and O–H groups in total. The number of ether oxygens (including phenoxy) is 1.